The zero-order valence-corrected chi connectivity index (χ0v) is 14.0. The number of ether oxygens (including phenoxy) is 1. The predicted molar refractivity (Wildman–Crippen MR) is 83.3 cm³/mol. The number of hydrogen-bond acceptors (Lipinski definition) is 5. The molecule has 0 atom stereocenters. The summed E-state index contributed by atoms with van der Waals surface area (Å²) >= 11 is 1.38. The Bertz CT molecular complexity index is 471. The van der Waals surface area contributed by atoms with E-state index in [9.17, 15) is 9.59 Å². The number of carbonyl (C=O) groups excluding carboxylic acids is 2. The van der Waals surface area contributed by atoms with Crippen molar-refractivity contribution in [1.29, 1.82) is 0 Å². The first-order chi connectivity index (χ1) is 9.99. The van der Waals surface area contributed by atoms with E-state index in [0.29, 0.717) is 18.7 Å². The summed E-state index contributed by atoms with van der Waals surface area (Å²) < 4.78 is 4.64. The molecule has 5 nitrogen and oxygen atoms in total. The number of carbonyl (C=O) groups is 2. The molecule has 21 heavy (non-hydrogen) atoms. The molecule has 0 aliphatic carbocycles. The molecule has 118 valence electrons. The van der Waals surface area contributed by atoms with E-state index in [4.69, 9.17) is 0 Å². The van der Waals surface area contributed by atoms with Crippen molar-refractivity contribution in [3.8, 4) is 0 Å². The number of hydrogen-bond donors (Lipinski definition) is 0. The zero-order valence-electron chi connectivity index (χ0n) is 13.2. The quantitative estimate of drug-likeness (QED) is 0.546. The molecule has 0 fully saturated rings. The van der Waals surface area contributed by atoms with Crippen molar-refractivity contribution in [3.63, 3.8) is 0 Å². The van der Waals surface area contributed by atoms with Crippen LogP contribution in [0.2, 0.25) is 0 Å². The van der Waals surface area contributed by atoms with E-state index >= 15 is 0 Å². The van der Waals surface area contributed by atoms with Crippen LogP contribution in [0.5, 0.6) is 0 Å². The van der Waals surface area contributed by atoms with Crippen LogP contribution in [-0.2, 0) is 16.1 Å². The number of esters is 1. The smallest absolute Gasteiger partial charge is 0.357 e. The highest BCUT2D eigenvalue weighted by Gasteiger charge is 2.19. The fourth-order valence-corrected chi connectivity index (χ4v) is 2.72. The van der Waals surface area contributed by atoms with Gasteiger partial charge in [0.2, 0.25) is 5.91 Å². The molecule has 0 spiro atoms. The van der Waals surface area contributed by atoms with Gasteiger partial charge < -0.3 is 9.64 Å². The molecule has 6 heteroatoms. The van der Waals surface area contributed by atoms with Gasteiger partial charge >= 0.3 is 5.97 Å². The zero-order chi connectivity index (χ0) is 15.8. The summed E-state index contributed by atoms with van der Waals surface area (Å²) in [5, 5.41) is 2.43. The molecule has 0 aliphatic rings. The molecule has 0 aromatic carbocycles. The Hall–Kier alpha value is -1.43. The minimum absolute atomic E-state index is 0.115. The van der Waals surface area contributed by atoms with E-state index in [1.54, 1.807) is 5.38 Å². The van der Waals surface area contributed by atoms with Gasteiger partial charge in [-0.3, -0.25) is 4.79 Å². The van der Waals surface area contributed by atoms with Crippen LogP contribution >= 0.6 is 11.3 Å². The highest BCUT2D eigenvalue weighted by Crippen LogP contribution is 2.16. The summed E-state index contributed by atoms with van der Waals surface area (Å²) in [7, 11) is 1.33. The normalized spacial score (nSPS) is 10.7. The molecular weight excluding hydrogens is 288 g/mol. The van der Waals surface area contributed by atoms with Crippen LogP contribution < -0.4 is 0 Å². The number of amides is 1. The molecule has 0 N–H and O–H groups in total. The molecule has 1 rings (SSSR count). The number of aromatic nitrogens is 1. The molecule has 1 heterocycles. The summed E-state index contributed by atoms with van der Waals surface area (Å²) in [6.45, 7) is 6.55. The molecule has 0 aliphatic heterocycles. The van der Waals surface area contributed by atoms with Crippen LogP contribution in [0, 0.1) is 0 Å². The van der Waals surface area contributed by atoms with Gasteiger partial charge in [0.15, 0.2) is 5.69 Å². The highest BCUT2D eigenvalue weighted by molar-refractivity contribution is 7.09. The molecule has 0 saturated carbocycles. The van der Waals surface area contributed by atoms with Crippen LogP contribution in [0.15, 0.2) is 5.38 Å². The van der Waals surface area contributed by atoms with Gasteiger partial charge in [-0.25, -0.2) is 9.78 Å². The fourth-order valence-electron chi connectivity index (χ4n) is 1.96. The molecule has 1 amide bonds. The first-order valence-electron chi connectivity index (χ1n) is 7.31. The van der Waals surface area contributed by atoms with Crippen molar-refractivity contribution >= 4 is 23.2 Å². The molecule has 1 aromatic rings. The maximum absolute atomic E-state index is 12.3. The van der Waals surface area contributed by atoms with Gasteiger partial charge in [-0.05, 0) is 20.3 Å². The van der Waals surface area contributed by atoms with E-state index < -0.39 is 5.97 Å². The monoisotopic (exact) mass is 312 g/mol. The van der Waals surface area contributed by atoms with Gasteiger partial charge in [0.1, 0.15) is 5.01 Å². The van der Waals surface area contributed by atoms with E-state index in [0.717, 1.165) is 24.3 Å². The predicted octanol–water partition coefficient (Wildman–Crippen LogP) is 3.25. The number of nitrogens with zero attached hydrogens (tertiary/aromatic N) is 2. The average Bonchev–Trinajstić information content (AvgIpc) is 2.92. The molecule has 0 radical (unpaired) electrons. The lowest BCUT2D eigenvalue weighted by atomic mass is 10.1. The second kappa shape index (κ2) is 8.77. The van der Waals surface area contributed by atoms with Crippen molar-refractivity contribution in [2.75, 3.05) is 7.11 Å². The fraction of sp³-hybridized carbons (Fsp3) is 0.667. The summed E-state index contributed by atoms with van der Waals surface area (Å²) in [5.41, 5.74) is 0.305. The third kappa shape index (κ3) is 5.46. The van der Waals surface area contributed by atoms with Gasteiger partial charge in [0, 0.05) is 17.8 Å². The number of rotatable bonds is 8. The van der Waals surface area contributed by atoms with Gasteiger partial charge in [0.05, 0.1) is 13.7 Å². The lowest BCUT2D eigenvalue weighted by Gasteiger charge is -2.26. The first-order valence-corrected chi connectivity index (χ1v) is 8.19. The standard InChI is InChI=1S/C15H24N2O3S/c1-5-6-7-8-14(18)17(11(2)3)9-13-16-12(10-21-13)15(19)20-4/h10-11H,5-9H2,1-4H3. The van der Waals surface area contributed by atoms with Crippen LogP contribution in [0.1, 0.15) is 62.0 Å². The lowest BCUT2D eigenvalue weighted by Crippen LogP contribution is -2.36. The highest BCUT2D eigenvalue weighted by atomic mass is 32.1. The van der Waals surface area contributed by atoms with Crippen LogP contribution in [0.25, 0.3) is 0 Å². The summed E-state index contributed by atoms with van der Waals surface area (Å²) in [6.07, 6.45) is 3.66. The van der Waals surface area contributed by atoms with Crippen molar-refractivity contribution in [3.05, 3.63) is 16.1 Å². The minimum atomic E-state index is -0.442. The summed E-state index contributed by atoms with van der Waals surface area (Å²) in [5.74, 6) is -0.295. The maximum atomic E-state index is 12.3. The van der Waals surface area contributed by atoms with Crippen molar-refractivity contribution in [1.82, 2.24) is 9.88 Å². The van der Waals surface area contributed by atoms with Gasteiger partial charge in [-0.15, -0.1) is 11.3 Å². The summed E-state index contributed by atoms with van der Waals surface area (Å²) in [6, 6.07) is 0.115. The SMILES string of the molecule is CCCCCC(=O)N(Cc1nc(C(=O)OC)cs1)C(C)C. The Labute approximate surface area is 130 Å². The second-order valence-corrected chi connectivity index (χ2v) is 6.13. The first kappa shape index (κ1) is 17.6. The Kier molecular flexibility index (Phi) is 7.36. The largest absolute Gasteiger partial charge is 0.464 e. The molecule has 0 unspecified atom stereocenters. The summed E-state index contributed by atoms with van der Waals surface area (Å²) in [4.78, 5) is 29.7. The molecule has 1 aromatic heterocycles. The Morgan fingerprint density at radius 3 is 2.67 bits per heavy atom. The minimum Gasteiger partial charge on any atom is -0.464 e. The molecular formula is C15H24N2O3S. The third-order valence-corrected chi connectivity index (χ3v) is 4.02. The number of thiazole rings is 1. The van der Waals surface area contributed by atoms with Crippen LogP contribution in [0.3, 0.4) is 0 Å². The Balaban J connectivity index is 2.67. The van der Waals surface area contributed by atoms with E-state index in [2.05, 4.69) is 16.6 Å². The van der Waals surface area contributed by atoms with E-state index in [1.165, 1.54) is 18.4 Å². The van der Waals surface area contributed by atoms with Crippen molar-refractivity contribution < 1.29 is 14.3 Å². The second-order valence-electron chi connectivity index (χ2n) is 5.19. The Morgan fingerprint density at radius 2 is 2.10 bits per heavy atom. The average molecular weight is 312 g/mol. The molecule has 0 saturated heterocycles. The number of unbranched alkanes of at least 4 members (excludes halogenated alkanes) is 2. The van der Waals surface area contributed by atoms with Crippen LogP contribution in [0.4, 0.5) is 0 Å². The van der Waals surface area contributed by atoms with E-state index in [1.807, 2.05) is 18.7 Å². The topological polar surface area (TPSA) is 59.5 Å². The van der Waals surface area contributed by atoms with Crippen molar-refractivity contribution in [2.24, 2.45) is 0 Å². The van der Waals surface area contributed by atoms with Crippen molar-refractivity contribution in [2.45, 2.75) is 59.0 Å². The number of methoxy groups -OCH3 is 1. The van der Waals surface area contributed by atoms with Gasteiger partial charge in [0.25, 0.3) is 0 Å². The molecule has 0 bridgehead atoms. The van der Waals surface area contributed by atoms with Gasteiger partial charge in [-0.2, -0.15) is 0 Å². The van der Waals surface area contributed by atoms with Gasteiger partial charge in [-0.1, -0.05) is 19.8 Å². The lowest BCUT2D eigenvalue weighted by molar-refractivity contribution is -0.133. The van der Waals surface area contributed by atoms with E-state index in [-0.39, 0.29) is 11.9 Å². The van der Waals surface area contributed by atoms with Crippen LogP contribution in [-0.4, -0.2) is 34.9 Å². The third-order valence-electron chi connectivity index (χ3n) is 3.19. The Morgan fingerprint density at radius 1 is 1.38 bits per heavy atom. The maximum Gasteiger partial charge on any atom is 0.357 e.